The maximum Gasteiger partial charge on any atom is 0.153 e. The molecular weight excluding hydrogens is 302 g/mol. The van der Waals surface area contributed by atoms with Crippen molar-refractivity contribution in [2.75, 3.05) is 32.8 Å². The monoisotopic (exact) mass is 332 g/mol. The lowest BCUT2D eigenvalue weighted by molar-refractivity contribution is -0.893. The molecule has 0 saturated heterocycles. The van der Waals surface area contributed by atoms with Crippen LogP contribution in [0.15, 0.2) is 30.3 Å². The zero-order valence-electron chi connectivity index (χ0n) is 14.4. The van der Waals surface area contributed by atoms with Gasteiger partial charge in [0.15, 0.2) is 5.60 Å². The lowest BCUT2D eigenvalue weighted by Gasteiger charge is -2.35. The fourth-order valence-corrected chi connectivity index (χ4v) is 3.54. The van der Waals surface area contributed by atoms with E-state index in [9.17, 15) is 5.11 Å². The van der Waals surface area contributed by atoms with Gasteiger partial charge in [-0.25, -0.2) is 0 Å². The molecule has 0 unspecified atom stereocenters. The van der Waals surface area contributed by atoms with E-state index in [1.165, 1.54) is 6.42 Å². The minimum absolute atomic E-state index is 0.0720. The van der Waals surface area contributed by atoms with Crippen molar-refractivity contribution in [3.8, 4) is 11.8 Å². The summed E-state index contributed by atoms with van der Waals surface area (Å²) >= 11 is 0. The molecule has 0 heterocycles. The minimum atomic E-state index is -1.11. The molecule has 4 heteroatoms. The summed E-state index contributed by atoms with van der Waals surface area (Å²) in [5.74, 6) is 6.45. The van der Waals surface area contributed by atoms with Crippen molar-refractivity contribution in [3.05, 3.63) is 35.9 Å². The van der Waals surface area contributed by atoms with E-state index in [1.54, 1.807) is 0 Å². The highest BCUT2D eigenvalue weighted by molar-refractivity contribution is 5.33. The van der Waals surface area contributed by atoms with Gasteiger partial charge in [-0.3, -0.25) is 0 Å². The van der Waals surface area contributed by atoms with Crippen molar-refractivity contribution in [2.45, 2.75) is 37.7 Å². The van der Waals surface area contributed by atoms with Gasteiger partial charge in [0.1, 0.15) is 19.6 Å². The smallest absolute Gasteiger partial charge is 0.153 e. The summed E-state index contributed by atoms with van der Waals surface area (Å²) in [5.41, 5.74) is -0.235. The predicted molar refractivity (Wildman–Crippen MR) is 94.4 cm³/mol. The van der Waals surface area contributed by atoms with Gasteiger partial charge in [-0.1, -0.05) is 55.5 Å². The summed E-state index contributed by atoms with van der Waals surface area (Å²) in [7, 11) is 0. The van der Waals surface area contributed by atoms with Crippen LogP contribution in [0.3, 0.4) is 0 Å². The second kappa shape index (κ2) is 9.80. The Labute approximate surface area is 145 Å². The number of hydrogen-bond acceptors (Lipinski definition) is 3. The molecule has 4 N–H and O–H groups in total. The molecule has 1 saturated carbocycles. The number of aliphatic hydroxyl groups excluding tert-OH is 2. The summed E-state index contributed by atoms with van der Waals surface area (Å²) < 4.78 is 0. The third-order valence-electron chi connectivity index (χ3n) is 4.96. The zero-order chi connectivity index (χ0) is 17.3. The molecule has 0 bridgehead atoms. The molecule has 1 atom stereocenters. The molecule has 1 aromatic rings. The van der Waals surface area contributed by atoms with E-state index < -0.39 is 5.60 Å². The van der Waals surface area contributed by atoms with E-state index in [4.69, 9.17) is 10.2 Å². The van der Waals surface area contributed by atoms with Gasteiger partial charge in [-0.2, -0.15) is 0 Å². The molecule has 0 spiro atoms. The van der Waals surface area contributed by atoms with Gasteiger partial charge in [0.05, 0.1) is 13.2 Å². The summed E-state index contributed by atoms with van der Waals surface area (Å²) in [6.07, 6.45) is 5.54. The van der Waals surface area contributed by atoms with Crippen molar-refractivity contribution in [1.29, 1.82) is 0 Å². The van der Waals surface area contributed by atoms with E-state index >= 15 is 0 Å². The number of nitrogens with one attached hydrogen (secondary N) is 1. The Balaban J connectivity index is 2.19. The molecule has 1 aliphatic rings. The van der Waals surface area contributed by atoms with Crippen molar-refractivity contribution in [3.63, 3.8) is 0 Å². The Morgan fingerprint density at radius 3 is 2.21 bits per heavy atom. The summed E-state index contributed by atoms with van der Waals surface area (Å²) in [5, 5.41) is 29.6. The maximum absolute atomic E-state index is 11.4. The topological polar surface area (TPSA) is 65.1 Å². The fourth-order valence-electron chi connectivity index (χ4n) is 3.54. The van der Waals surface area contributed by atoms with Gasteiger partial charge in [0, 0.05) is 5.92 Å². The maximum atomic E-state index is 11.4. The fraction of sp³-hybridized carbons (Fsp3) is 0.600. The van der Waals surface area contributed by atoms with Crippen LogP contribution in [0.4, 0.5) is 0 Å². The van der Waals surface area contributed by atoms with Gasteiger partial charge in [0.2, 0.25) is 0 Å². The first-order valence-electron chi connectivity index (χ1n) is 9.04. The van der Waals surface area contributed by atoms with Crippen molar-refractivity contribution < 1.29 is 20.2 Å². The van der Waals surface area contributed by atoms with Crippen molar-refractivity contribution >= 4 is 0 Å². The first-order chi connectivity index (χ1) is 11.7. The lowest BCUT2D eigenvalue weighted by atomic mass is 9.73. The highest BCUT2D eigenvalue weighted by Gasteiger charge is 2.37. The third kappa shape index (κ3) is 5.06. The average Bonchev–Trinajstić information content (AvgIpc) is 2.63. The second-order valence-corrected chi connectivity index (χ2v) is 6.64. The van der Waals surface area contributed by atoms with Crippen molar-refractivity contribution in [2.24, 2.45) is 5.92 Å². The Morgan fingerprint density at radius 2 is 1.62 bits per heavy atom. The second-order valence-electron chi connectivity index (χ2n) is 6.64. The molecule has 1 aromatic carbocycles. The Kier molecular flexibility index (Phi) is 7.74. The lowest BCUT2D eigenvalue weighted by Crippen LogP contribution is -3.12. The van der Waals surface area contributed by atoms with E-state index in [-0.39, 0.29) is 19.1 Å². The number of aliphatic hydroxyl groups is 3. The zero-order valence-corrected chi connectivity index (χ0v) is 14.4. The Bertz CT molecular complexity index is 525. The Hall–Kier alpha value is -1.38. The first-order valence-corrected chi connectivity index (χ1v) is 9.04. The molecule has 4 nitrogen and oxygen atoms in total. The SMILES string of the molecule is OCC[NH+](CC#C[C@](O)(c1ccccc1)C1CCCCC1)CCO. The largest absolute Gasteiger partial charge is 0.391 e. The van der Waals surface area contributed by atoms with E-state index in [0.29, 0.717) is 19.6 Å². The Morgan fingerprint density at radius 1 is 1.00 bits per heavy atom. The molecule has 24 heavy (non-hydrogen) atoms. The number of benzene rings is 1. The molecular formula is C20H30NO3+. The molecule has 1 aliphatic carbocycles. The van der Waals surface area contributed by atoms with Crippen LogP contribution in [0.5, 0.6) is 0 Å². The van der Waals surface area contributed by atoms with E-state index in [2.05, 4.69) is 11.8 Å². The molecule has 132 valence electrons. The predicted octanol–water partition coefficient (Wildman–Crippen LogP) is 0.327. The summed E-state index contributed by atoms with van der Waals surface area (Å²) in [6, 6.07) is 9.75. The molecule has 0 aromatic heterocycles. The normalized spacial score (nSPS) is 18.0. The van der Waals surface area contributed by atoms with Crippen LogP contribution in [-0.2, 0) is 5.60 Å². The number of quaternary nitrogens is 1. The summed E-state index contributed by atoms with van der Waals surface area (Å²) in [6.45, 7) is 1.78. The van der Waals surface area contributed by atoms with E-state index in [0.717, 1.165) is 36.1 Å². The first kappa shape index (κ1) is 19.0. The van der Waals surface area contributed by atoms with Gasteiger partial charge in [0.25, 0.3) is 0 Å². The van der Waals surface area contributed by atoms with Crippen LogP contribution >= 0.6 is 0 Å². The number of rotatable bonds is 7. The minimum Gasteiger partial charge on any atom is -0.391 e. The van der Waals surface area contributed by atoms with Crippen LogP contribution in [0.1, 0.15) is 37.7 Å². The van der Waals surface area contributed by atoms with Gasteiger partial charge in [-0.05, 0) is 24.3 Å². The molecule has 0 amide bonds. The van der Waals surface area contributed by atoms with Crippen LogP contribution in [0.2, 0.25) is 0 Å². The molecule has 2 rings (SSSR count). The van der Waals surface area contributed by atoms with Crippen LogP contribution in [0, 0.1) is 17.8 Å². The molecule has 0 radical (unpaired) electrons. The average molecular weight is 332 g/mol. The van der Waals surface area contributed by atoms with Gasteiger partial charge < -0.3 is 20.2 Å². The molecule has 1 fully saturated rings. The van der Waals surface area contributed by atoms with Gasteiger partial charge >= 0.3 is 0 Å². The number of hydrogen-bond donors (Lipinski definition) is 4. The molecule has 0 aliphatic heterocycles. The van der Waals surface area contributed by atoms with Crippen LogP contribution in [0.25, 0.3) is 0 Å². The quantitative estimate of drug-likeness (QED) is 0.544. The standard InChI is InChI=1S/C20H29NO3/c22-16-14-21(15-17-23)13-7-12-20(24,18-8-3-1-4-9-18)19-10-5-2-6-11-19/h1,3-4,8-9,19,22-24H,2,5-6,10-11,13-17H2/p+1/t20-/m0/s1. The van der Waals surface area contributed by atoms with E-state index in [1.807, 2.05) is 30.3 Å². The highest BCUT2D eigenvalue weighted by atomic mass is 16.3. The third-order valence-corrected chi connectivity index (χ3v) is 4.96. The van der Waals surface area contributed by atoms with Gasteiger partial charge in [-0.15, -0.1) is 0 Å². The van der Waals surface area contributed by atoms with Crippen molar-refractivity contribution in [1.82, 2.24) is 0 Å². The highest BCUT2D eigenvalue weighted by Crippen LogP contribution is 2.38. The summed E-state index contributed by atoms with van der Waals surface area (Å²) in [4.78, 5) is 1.03. The van der Waals surface area contributed by atoms with Crippen LogP contribution < -0.4 is 4.90 Å². The van der Waals surface area contributed by atoms with Crippen LogP contribution in [-0.4, -0.2) is 48.2 Å².